The van der Waals surface area contributed by atoms with Crippen molar-refractivity contribution in [3.8, 4) is 0 Å². The van der Waals surface area contributed by atoms with Crippen LogP contribution in [-0.2, 0) is 14.3 Å². The number of nitrogens with one attached hydrogen (secondary N) is 1. The van der Waals surface area contributed by atoms with Crippen molar-refractivity contribution in [2.24, 2.45) is 0 Å². The highest BCUT2D eigenvalue weighted by molar-refractivity contribution is 6.27. The number of halogens is 1. The predicted octanol–water partition coefficient (Wildman–Crippen LogP) is 1.07. The Bertz CT molecular complexity index is 196. The molecule has 0 saturated carbocycles. The summed E-state index contributed by atoms with van der Waals surface area (Å²) in [6.07, 6.45) is 1.37. The summed E-state index contributed by atoms with van der Waals surface area (Å²) in [5.41, 5.74) is 0. The minimum Gasteiger partial charge on any atom is -0.464 e. The Kier molecular flexibility index (Phi) is 7.20. The summed E-state index contributed by atoms with van der Waals surface area (Å²) >= 11 is 5.31. The summed E-state index contributed by atoms with van der Waals surface area (Å²) in [5, 5.41) is 2.51. The standard InChI is InChI=1S/C9H16ClNO3/c1-3-5-7(9(13)14-4-2)11-8(12)6-10/h7H,3-6H2,1-2H3,(H,11,12). The highest BCUT2D eigenvalue weighted by Crippen LogP contribution is 1.99. The quantitative estimate of drug-likeness (QED) is 0.539. The first-order chi connectivity index (χ1) is 6.65. The van der Waals surface area contributed by atoms with Crippen LogP contribution in [0.2, 0.25) is 0 Å². The molecule has 14 heavy (non-hydrogen) atoms. The Labute approximate surface area is 88.9 Å². The number of alkyl halides is 1. The first-order valence-electron chi connectivity index (χ1n) is 4.67. The maximum Gasteiger partial charge on any atom is 0.328 e. The van der Waals surface area contributed by atoms with Gasteiger partial charge in [-0.1, -0.05) is 13.3 Å². The molecule has 0 heterocycles. The van der Waals surface area contributed by atoms with Crippen LogP contribution in [0.3, 0.4) is 0 Å². The van der Waals surface area contributed by atoms with Crippen LogP contribution in [0.5, 0.6) is 0 Å². The second kappa shape index (κ2) is 7.62. The molecule has 0 aliphatic carbocycles. The van der Waals surface area contributed by atoms with Gasteiger partial charge in [0.15, 0.2) is 0 Å². The minimum absolute atomic E-state index is 0.139. The number of hydrogen-bond acceptors (Lipinski definition) is 3. The highest BCUT2D eigenvalue weighted by atomic mass is 35.5. The molecule has 0 spiro atoms. The molecule has 5 heteroatoms. The maximum atomic E-state index is 11.3. The van der Waals surface area contributed by atoms with Gasteiger partial charge in [-0.2, -0.15) is 0 Å². The number of hydrogen-bond donors (Lipinski definition) is 1. The maximum absolute atomic E-state index is 11.3. The molecule has 1 amide bonds. The molecule has 1 N–H and O–H groups in total. The number of amides is 1. The molecule has 0 bridgehead atoms. The number of ether oxygens (including phenoxy) is 1. The molecule has 0 radical (unpaired) electrons. The van der Waals surface area contributed by atoms with E-state index in [9.17, 15) is 9.59 Å². The Balaban J connectivity index is 4.13. The van der Waals surface area contributed by atoms with Gasteiger partial charge in [0.05, 0.1) is 6.61 Å². The molecule has 82 valence electrons. The number of esters is 1. The van der Waals surface area contributed by atoms with Gasteiger partial charge in [0.25, 0.3) is 0 Å². The number of carbonyl (C=O) groups excluding carboxylic acids is 2. The molecule has 0 aliphatic heterocycles. The van der Waals surface area contributed by atoms with E-state index < -0.39 is 12.0 Å². The Morgan fingerprint density at radius 1 is 1.43 bits per heavy atom. The fraction of sp³-hybridized carbons (Fsp3) is 0.778. The summed E-state index contributed by atoms with van der Waals surface area (Å²) in [4.78, 5) is 22.3. The van der Waals surface area contributed by atoms with E-state index in [1.54, 1.807) is 6.92 Å². The fourth-order valence-electron chi connectivity index (χ4n) is 1.01. The molecule has 0 aromatic heterocycles. The molecular formula is C9H16ClNO3. The summed E-state index contributed by atoms with van der Waals surface area (Å²) in [5.74, 6) is -0.884. The summed E-state index contributed by atoms with van der Waals surface area (Å²) < 4.78 is 4.81. The lowest BCUT2D eigenvalue weighted by atomic mass is 10.1. The molecule has 0 aliphatic rings. The van der Waals surface area contributed by atoms with Crippen LogP contribution in [0, 0.1) is 0 Å². The molecule has 0 rings (SSSR count). The third-order valence-corrected chi connectivity index (χ3v) is 1.85. The zero-order valence-electron chi connectivity index (χ0n) is 8.51. The zero-order chi connectivity index (χ0) is 11.0. The first-order valence-corrected chi connectivity index (χ1v) is 5.21. The molecule has 0 saturated heterocycles. The van der Waals surface area contributed by atoms with Gasteiger partial charge in [0, 0.05) is 0 Å². The van der Waals surface area contributed by atoms with Crippen molar-refractivity contribution in [3.05, 3.63) is 0 Å². The summed E-state index contributed by atoms with van der Waals surface area (Å²) in [7, 11) is 0. The summed E-state index contributed by atoms with van der Waals surface area (Å²) in [6, 6.07) is -0.564. The van der Waals surface area contributed by atoms with Crippen LogP contribution >= 0.6 is 11.6 Å². The molecule has 0 aromatic rings. The Morgan fingerprint density at radius 2 is 2.07 bits per heavy atom. The van der Waals surface area contributed by atoms with Crippen molar-refractivity contribution < 1.29 is 14.3 Å². The number of carbonyl (C=O) groups is 2. The third kappa shape index (κ3) is 5.07. The van der Waals surface area contributed by atoms with E-state index in [4.69, 9.17) is 16.3 Å². The molecule has 4 nitrogen and oxygen atoms in total. The second-order valence-electron chi connectivity index (χ2n) is 2.79. The van der Waals surface area contributed by atoms with Gasteiger partial charge in [-0.15, -0.1) is 11.6 Å². The molecule has 0 fully saturated rings. The number of rotatable bonds is 6. The van der Waals surface area contributed by atoms with Crippen LogP contribution < -0.4 is 5.32 Å². The SMILES string of the molecule is CCCC(NC(=O)CCl)C(=O)OCC. The van der Waals surface area contributed by atoms with Crippen LogP contribution in [-0.4, -0.2) is 30.4 Å². The molecule has 1 atom stereocenters. The summed E-state index contributed by atoms with van der Waals surface area (Å²) in [6.45, 7) is 3.97. The monoisotopic (exact) mass is 221 g/mol. The second-order valence-corrected chi connectivity index (χ2v) is 3.06. The van der Waals surface area contributed by atoms with Crippen molar-refractivity contribution in [1.29, 1.82) is 0 Å². The van der Waals surface area contributed by atoms with Gasteiger partial charge in [-0.25, -0.2) is 4.79 Å². The normalized spacial score (nSPS) is 11.9. The lowest BCUT2D eigenvalue weighted by Gasteiger charge is -2.15. The van der Waals surface area contributed by atoms with E-state index in [2.05, 4.69) is 5.32 Å². The van der Waals surface area contributed by atoms with Crippen LogP contribution in [0.25, 0.3) is 0 Å². The van der Waals surface area contributed by atoms with Crippen LogP contribution in [0.4, 0.5) is 0 Å². The minimum atomic E-state index is -0.564. The molecule has 1 unspecified atom stereocenters. The van der Waals surface area contributed by atoms with Crippen molar-refractivity contribution in [2.75, 3.05) is 12.5 Å². The van der Waals surface area contributed by atoms with Gasteiger partial charge in [0.2, 0.25) is 5.91 Å². The van der Waals surface area contributed by atoms with Crippen molar-refractivity contribution in [2.45, 2.75) is 32.7 Å². The van der Waals surface area contributed by atoms with E-state index in [1.807, 2.05) is 6.92 Å². The zero-order valence-corrected chi connectivity index (χ0v) is 9.26. The largest absolute Gasteiger partial charge is 0.464 e. The van der Waals surface area contributed by atoms with Crippen LogP contribution in [0.15, 0.2) is 0 Å². The van der Waals surface area contributed by atoms with Crippen molar-refractivity contribution in [1.82, 2.24) is 5.32 Å². The fourth-order valence-corrected chi connectivity index (χ4v) is 1.09. The Hall–Kier alpha value is -0.770. The Morgan fingerprint density at radius 3 is 2.50 bits per heavy atom. The van der Waals surface area contributed by atoms with E-state index in [0.717, 1.165) is 6.42 Å². The van der Waals surface area contributed by atoms with E-state index in [-0.39, 0.29) is 11.8 Å². The lowest BCUT2D eigenvalue weighted by Crippen LogP contribution is -2.42. The predicted molar refractivity (Wildman–Crippen MR) is 54.2 cm³/mol. The highest BCUT2D eigenvalue weighted by Gasteiger charge is 2.20. The average Bonchev–Trinajstić information content (AvgIpc) is 2.17. The van der Waals surface area contributed by atoms with Gasteiger partial charge < -0.3 is 10.1 Å². The molecule has 0 aromatic carbocycles. The van der Waals surface area contributed by atoms with Gasteiger partial charge in [-0.05, 0) is 13.3 Å². The first kappa shape index (κ1) is 13.2. The van der Waals surface area contributed by atoms with Gasteiger partial charge in [0.1, 0.15) is 11.9 Å². The smallest absolute Gasteiger partial charge is 0.328 e. The van der Waals surface area contributed by atoms with Crippen molar-refractivity contribution >= 4 is 23.5 Å². The van der Waals surface area contributed by atoms with E-state index in [0.29, 0.717) is 13.0 Å². The van der Waals surface area contributed by atoms with Crippen molar-refractivity contribution in [3.63, 3.8) is 0 Å². The lowest BCUT2D eigenvalue weighted by molar-refractivity contribution is -0.147. The third-order valence-electron chi connectivity index (χ3n) is 1.61. The van der Waals surface area contributed by atoms with E-state index in [1.165, 1.54) is 0 Å². The van der Waals surface area contributed by atoms with Gasteiger partial charge >= 0.3 is 5.97 Å². The van der Waals surface area contributed by atoms with Crippen LogP contribution in [0.1, 0.15) is 26.7 Å². The topological polar surface area (TPSA) is 55.4 Å². The average molecular weight is 222 g/mol. The van der Waals surface area contributed by atoms with Gasteiger partial charge in [-0.3, -0.25) is 4.79 Å². The van der Waals surface area contributed by atoms with E-state index >= 15 is 0 Å². The molecular weight excluding hydrogens is 206 g/mol.